The fraction of sp³-hybridized carbons (Fsp3) is 0.750. The van der Waals surface area contributed by atoms with E-state index in [1.54, 1.807) is 13.8 Å². The Balaban J connectivity index is 3.25. The first-order chi connectivity index (χ1) is 8.75. The summed E-state index contributed by atoms with van der Waals surface area (Å²) in [4.78, 5) is 34.7. The van der Waals surface area contributed by atoms with E-state index >= 15 is 0 Å². The first-order valence-corrected chi connectivity index (χ1v) is 6.00. The Bertz CT molecular complexity index is 394. The highest BCUT2D eigenvalue weighted by Crippen LogP contribution is 2.32. The summed E-state index contributed by atoms with van der Waals surface area (Å²) < 4.78 is 9.79. The zero-order valence-corrected chi connectivity index (χ0v) is 11.4. The second kappa shape index (κ2) is 5.56. The molecule has 7 nitrogen and oxygen atoms in total. The van der Waals surface area contributed by atoms with E-state index in [0.717, 1.165) is 7.11 Å². The topological polar surface area (TPSA) is 102 Å². The normalized spacial score (nSPS) is 27.9. The average molecular weight is 273 g/mol. The molecular formula is C12H19NO6. The first kappa shape index (κ1) is 15.4. The minimum atomic E-state index is -1.74. The molecule has 3 atom stereocenters. The van der Waals surface area contributed by atoms with Crippen LogP contribution < -0.4 is 5.32 Å². The van der Waals surface area contributed by atoms with Gasteiger partial charge in [-0.2, -0.15) is 0 Å². The zero-order valence-electron chi connectivity index (χ0n) is 11.4. The van der Waals surface area contributed by atoms with Gasteiger partial charge in [-0.25, -0.2) is 4.79 Å². The number of aliphatic hydroxyl groups is 1. The molecule has 1 fully saturated rings. The summed E-state index contributed by atoms with van der Waals surface area (Å²) in [5.41, 5.74) is -1.74. The van der Waals surface area contributed by atoms with E-state index in [4.69, 9.17) is 4.74 Å². The van der Waals surface area contributed by atoms with Crippen molar-refractivity contribution in [2.75, 3.05) is 7.11 Å². The molecule has 0 aromatic heterocycles. The number of hydrogen-bond acceptors (Lipinski definition) is 6. The number of carbonyl (C=O) groups is 3. The zero-order chi connectivity index (χ0) is 14.8. The highest BCUT2D eigenvalue weighted by atomic mass is 16.6. The molecule has 1 saturated heterocycles. The van der Waals surface area contributed by atoms with Crippen molar-refractivity contribution in [3.63, 3.8) is 0 Å². The lowest BCUT2D eigenvalue weighted by Gasteiger charge is -2.38. The second-order valence-corrected chi connectivity index (χ2v) is 4.90. The summed E-state index contributed by atoms with van der Waals surface area (Å²) in [7, 11) is 1.15. The van der Waals surface area contributed by atoms with Gasteiger partial charge < -0.3 is 19.9 Å². The van der Waals surface area contributed by atoms with Gasteiger partial charge in [-0.1, -0.05) is 13.8 Å². The fourth-order valence-corrected chi connectivity index (χ4v) is 2.37. The molecule has 0 aromatic rings. The third-order valence-electron chi connectivity index (χ3n) is 3.12. The van der Waals surface area contributed by atoms with E-state index in [9.17, 15) is 19.5 Å². The highest BCUT2D eigenvalue weighted by molar-refractivity contribution is 5.94. The molecular weight excluding hydrogens is 254 g/mol. The van der Waals surface area contributed by atoms with Crippen LogP contribution in [-0.2, 0) is 23.9 Å². The molecule has 0 aliphatic carbocycles. The molecule has 1 rings (SSSR count). The lowest BCUT2D eigenvalue weighted by molar-refractivity contribution is -0.173. The van der Waals surface area contributed by atoms with Gasteiger partial charge in [0.2, 0.25) is 11.4 Å². The monoisotopic (exact) mass is 273 g/mol. The molecule has 2 N–H and O–H groups in total. The molecule has 0 saturated carbocycles. The Morgan fingerprint density at radius 3 is 2.37 bits per heavy atom. The van der Waals surface area contributed by atoms with E-state index < -0.39 is 35.6 Å². The van der Waals surface area contributed by atoms with Crippen molar-refractivity contribution < 1.29 is 29.0 Å². The third-order valence-corrected chi connectivity index (χ3v) is 3.12. The lowest BCUT2D eigenvalue weighted by atomic mass is 9.82. The van der Waals surface area contributed by atoms with Crippen molar-refractivity contribution in [3.05, 3.63) is 0 Å². The Morgan fingerprint density at radius 1 is 1.47 bits per heavy atom. The summed E-state index contributed by atoms with van der Waals surface area (Å²) in [5.74, 6) is -2.21. The van der Waals surface area contributed by atoms with E-state index in [-0.39, 0.29) is 12.3 Å². The Labute approximate surface area is 111 Å². The second-order valence-electron chi connectivity index (χ2n) is 4.90. The lowest BCUT2D eigenvalue weighted by Crippen LogP contribution is -2.66. The van der Waals surface area contributed by atoms with Crippen LogP contribution >= 0.6 is 0 Å². The van der Waals surface area contributed by atoms with Gasteiger partial charge in [0.15, 0.2) is 0 Å². The van der Waals surface area contributed by atoms with Crippen LogP contribution in [-0.4, -0.2) is 47.8 Å². The Kier molecular flexibility index (Phi) is 4.52. The molecule has 1 heterocycles. The standard InChI is InChI=1S/C12H19NO6/c1-6(2)10(19-7(3)14)12(11(17)18-4)8(15)5-9(16)13-12/h6,8,10,15H,5H2,1-4H3,(H,13,16)/t8-,10-,12-/m0/s1. The molecule has 0 aromatic carbocycles. The highest BCUT2D eigenvalue weighted by Gasteiger charge is 2.60. The van der Waals surface area contributed by atoms with Gasteiger partial charge in [0, 0.05) is 6.92 Å². The van der Waals surface area contributed by atoms with Crippen molar-refractivity contribution in [1.29, 1.82) is 0 Å². The van der Waals surface area contributed by atoms with Crippen LogP contribution in [0.3, 0.4) is 0 Å². The van der Waals surface area contributed by atoms with Crippen molar-refractivity contribution >= 4 is 17.8 Å². The molecule has 0 spiro atoms. The minimum absolute atomic E-state index is 0.237. The molecule has 19 heavy (non-hydrogen) atoms. The minimum Gasteiger partial charge on any atom is -0.467 e. The number of methoxy groups -OCH3 is 1. The van der Waals surface area contributed by atoms with Crippen LogP contribution in [0.15, 0.2) is 0 Å². The van der Waals surface area contributed by atoms with Gasteiger partial charge in [0.1, 0.15) is 12.2 Å². The van der Waals surface area contributed by atoms with Gasteiger partial charge >= 0.3 is 11.9 Å². The largest absolute Gasteiger partial charge is 0.467 e. The van der Waals surface area contributed by atoms with Crippen LogP contribution in [0.5, 0.6) is 0 Å². The summed E-state index contributed by atoms with van der Waals surface area (Å²) in [6.07, 6.45) is -2.54. The number of nitrogens with one attached hydrogen (secondary N) is 1. The maximum atomic E-state index is 12.0. The van der Waals surface area contributed by atoms with Gasteiger partial charge in [-0.3, -0.25) is 9.59 Å². The molecule has 0 radical (unpaired) electrons. The number of hydrogen-bond donors (Lipinski definition) is 2. The Morgan fingerprint density at radius 2 is 2.05 bits per heavy atom. The van der Waals surface area contributed by atoms with Gasteiger partial charge in [-0.05, 0) is 5.92 Å². The van der Waals surface area contributed by atoms with Gasteiger partial charge in [0.05, 0.1) is 13.5 Å². The number of carbonyl (C=O) groups excluding carboxylic acids is 3. The van der Waals surface area contributed by atoms with Crippen molar-refractivity contribution in [2.24, 2.45) is 5.92 Å². The van der Waals surface area contributed by atoms with Crippen LogP contribution in [0.4, 0.5) is 0 Å². The molecule has 1 aliphatic rings. The molecule has 1 aliphatic heterocycles. The van der Waals surface area contributed by atoms with E-state index in [1.165, 1.54) is 6.92 Å². The van der Waals surface area contributed by atoms with E-state index in [0.29, 0.717) is 0 Å². The number of ether oxygens (including phenoxy) is 2. The van der Waals surface area contributed by atoms with E-state index in [1.807, 2.05) is 0 Å². The smallest absolute Gasteiger partial charge is 0.338 e. The van der Waals surface area contributed by atoms with Crippen molar-refractivity contribution in [3.8, 4) is 0 Å². The summed E-state index contributed by atoms with van der Waals surface area (Å²) in [6, 6.07) is 0. The van der Waals surface area contributed by atoms with E-state index in [2.05, 4.69) is 10.1 Å². The van der Waals surface area contributed by atoms with Gasteiger partial charge in [0.25, 0.3) is 0 Å². The molecule has 0 bridgehead atoms. The number of aliphatic hydroxyl groups excluding tert-OH is 1. The number of amides is 1. The summed E-state index contributed by atoms with van der Waals surface area (Å²) >= 11 is 0. The van der Waals surface area contributed by atoms with Crippen LogP contribution in [0.2, 0.25) is 0 Å². The summed E-state index contributed by atoms with van der Waals surface area (Å²) in [5, 5.41) is 12.5. The molecule has 7 heteroatoms. The molecule has 0 unspecified atom stereocenters. The molecule has 108 valence electrons. The predicted molar refractivity (Wildman–Crippen MR) is 63.9 cm³/mol. The van der Waals surface area contributed by atoms with Gasteiger partial charge in [-0.15, -0.1) is 0 Å². The fourth-order valence-electron chi connectivity index (χ4n) is 2.37. The van der Waals surface area contributed by atoms with Crippen molar-refractivity contribution in [2.45, 2.75) is 44.9 Å². The Hall–Kier alpha value is -1.63. The van der Waals surface area contributed by atoms with Crippen LogP contribution in [0, 0.1) is 5.92 Å². The quantitative estimate of drug-likeness (QED) is 0.661. The average Bonchev–Trinajstić information content (AvgIpc) is 2.60. The maximum Gasteiger partial charge on any atom is 0.338 e. The number of rotatable bonds is 4. The first-order valence-electron chi connectivity index (χ1n) is 6.00. The summed E-state index contributed by atoms with van der Waals surface area (Å²) in [6.45, 7) is 4.63. The van der Waals surface area contributed by atoms with Crippen LogP contribution in [0.25, 0.3) is 0 Å². The third kappa shape index (κ3) is 2.70. The number of esters is 2. The predicted octanol–water partition coefficient (Wildman–Crippen LogP) is -0.633. The maximum absolute atomic E-state index is 12.0. The van der Waals surface area contributed by atoms with Crippen LogP contribution in [0.1, 0.15) is 27.2 Å². The molecule has 1 amide bonds. The van der Waals surface area contributed by atoms with Crippen molar-refractivity contribution in [1.82, 2.24) is 5.32 Å². The SMILES string of the molecule is COC(=O)[C@]1([C@@H](OC(C)=O)C(C)C)NC(=O)C[C@@H]1O.